The predicted octanol–water partition coefficient (Wildman–Crippen LogP) is 0.540. The Balaban J connectivity index is 2.45. The number of nitrogens with two attached hydrogens (primary N) is 1. The molecule has 0 saturated heterocycles. The van der Waals surface area contributed by atoms with Crippen LogP contribution >= 0.6 is 11.8 Å². The topological polar surface area (TPSA) is 29.3 Å². The van der Waals surface area contributed by atoms with E-state index in [4.69, 9.17) is 5.73 Å². The van der Waals surface area contributed by atoms with Crippen LogP contribution in [0.3, 0.4) is 0 Å². The number of nitrogens with zero attached hydrogens (tertiary/aromatic N) is 1. The maximum atomic E-state index is 5.44. The maximum absolute atomic E-state index is 5.44. The van der Waals surface area contributed by atoms with Crippen LogP contribution in [0.2, 0.25) is 0 Å². The van der Waals surface area contributed by atoms with Crippen LogP contribution in [-0.4, -0.2) is 10.4 Å². The van der Waals surface area contributed by atoms with Gasteiger partial charge in [-0.2, -0.15) is 0 Å². The second-order valence-corrected chi connectivity index (χ2v) is 2.35. The molecule has 3 heteroatoms. The summed E-state index contributed by atoms with van der Waals surface area (Å²) in [6.45, 7) is 0. The molecule has 1 heterocycles. The van der Waals surface area contributed by atoms with E-state index in [1.807, 2.05) is 11.6 Å². The Hall–Kier alpha value is -0.150. The van der Waals surface area contributed by atoms with Crippen molar-refractivity contribution < 1.29 is 0 Å². The molecule has 7 heavy (non-hydrogen) atoms. The summed E-state index contributed by atoms with van der Waals surface area (Å²) in [6.07, 6.45) is 1.86. The summed E-state index contributed by atoms with van der Waals surface area (Å²) in [5.41, 5.74) is 5.48. The molecule has 1 unspecified atom stereocenters. The highest BCUT2D eigenvalue weighted by molar-refractivity contribution is 8.02. The number of thioether (sulfide) groups is 1. The first-order chi connectivity index (χ1) is 3.30. The van der Waals surface area contributed by atoms with Gasteiger partial charge in [-0.25, -0.2) is 0 Å². The van der Waals surface area contributed by atoms with Crippen LogP contribution in [-0.2, 0) is 0 Å². The molecule has 2 N–H and O–H groups in total. The third-order valence-corrected chi connectivity index (χ3v) is 1.63. The minimum atomic E-state index is 0.0417. The Kier molecular flexibility index (Phi) is 1.25. The number of hydrogen-bond acceptors (Lipinski definition) is 3. The quantitative estimate of drug-likeness (QED) is 0.499. The first-order valence-electron chi connectivity index (χ1n) is 1.97. The van der Waals surface area contributed by atoms with E-state index < -0.39 is 0 Å². The normalized spacial score (nSPS) is 29.4. The van der Waals surface area contributed by atoms with Gasteiger partial charge in [-0.15, -0.1) is 0 Å². The van der Waals surface area contributed by atoms with Crippen molar-refractivity contribution in [3.8, 4) is 0 Å². The number of hydrogen-bond donors (Lipinski definition) is 1. The Morgan fingerprint density at radius 3 is 2.71 bits per heavy atom. The molecule has 0 bridgehead atoms. The SMILES string of the molecule is [CH2]N1C=CSC1N. The van der Waals surface area contributed by atoms with Crippen LogP contribution in [0, 0.1) is 7.05 Å². The summed E-state index contributed by atoms with van der Waals surface area (Å²) in [5.74, 6) is 0. The molecule has 1 aliphatic rings. The van der Waals surface area contributed by atoms with Crippen LogP contribution in [0.15, 0.2) is 11.6 Å². The van der Waals surface area contributed by atoms with E-state index in [0.717, 1.165) is 0 Å². The van der Waals surface area contributed by atoms with Gasteiger partial charge in [0.2, 0.25) is 0 Å². The largest absolute Gasteiger partial charge is 0.351 e. The van der Waals surface area contributed by atoms with Crippen LogP contribution in [0.4, 0.5) is 0 Å². The van der Waals surface area contributed by atoms with Gasteiger partial charge in [-0.1, -0.05) is 11.8 Å². The van der Waals surface area contributed by atoms with E-state index in [2.05, 4.69) is 7.05 Å². The van der Waals surface area contributed by atoms with Crippen molar-refractivity contribution in [3.05, 3.63) is 18.7 Å². The summed E-state index contributed by atoms with van der Waals surface area (Å²) in [5, 5.41) is 1.93. The first kappa shape index (κ1) is 5.00. The molecular weight excluding hydrogens is 108 g/mol. The van der Waals surface area contributed by atoms with Crippen LogP contribution in [0.1, 0.15) is 0 Å². The molecular formula is C4H7N2S. The zero-order valence-corrected chi connectivity index (χ0v) is 4.69. The number of rotatable bonds is 0. The van der Waals surface area contributed by atoms with Gasteiger partial charge in [-0.05, 0) is 5.41 Å². The van der Waals surface area contributed by atoms with Crippen molar-refractivity contribution in [3.63, 3.8) is 0 Å². The van der Waals surface area contributed by atoms with Crippen molar-refractivity contribution in [2.45, 2.75) is 5.50 Å². The predicted molar refractivity (Wildman–Crippen MR) is 31.9 cm³/mol. The maximum Gasteiger partial charge on any atom is 0.129 e. The zero-order chi connectivity index (χ0) is 5.28. The van der Waals surface area contributed by atoms with Crippen molar-refractivity contribution in [1.82, 2.24) is 4.90 Å². The highest BCUT2D eigenvalue weighted by Gasteiger charge is 2.08. The molecule has 0 aromatic rings. The Morgan fingerprint density at radius 1 is 1.86 bits per heavy atom. The average molecular weight is 115 g/mol. The van der Waals surface area contributed by atoms with E-state index in [0.29, 0.717) is 0 Å². The molecule has 1 atom stereocenters. The second-order valence-electron chi connectivity index (χ2n) is 1.33. The van der Waals surface area contributed by atoms with Crippen LogP contribution in [0.5, 0.6) is 0 Å². The molecule has 1 rings (SSSR count). The van der Waals surface area contributed by atoms with Crippen molar-refractivity contribution in [2.24, 2.45) is 5.73 Å². The first-order valence-corrected chi connectivity index (χ1v) is 2.91. The summed E-state index contributed by atoms with van der Waals surface area (Å²) in [7, 11) is 3.62. The molecule has 1 aliphatic heterocycles. The van der Waals surface area contributed by atoms with Crippen molar-refractivity contribution in [1.29, 1.82) is 0 Å². The van der Waals surface area contributed by atoms with Gasteiger partial charge >= 0.3 is 0 Å². The Labute approximate surface area is 47.4 Å². The fraction of sp³-hybridized carbons (Fsp3) is 0.250. The minimum Gasteiger partial charge on any atom is -0.351 e. The molecule has 0 fully saturated rings. The standard InChI is InChI=1S/C4H7N2S/c1-6-2-3-7-4(6)5/h2-4H,1,5H2. The molecule has 1 radical (unpaired) electrons. The molecule has 2 nitrogen and oxygen atoms in total. The summed E-state index contributed by atoms with van der Waals surface area (Å²) in [4.78, 5) is 1.71. The fourth-order valence-electron chi connectivity index (χ4n) is 0.357. The Morgan fingerprint density at radius 2 is 2.57 bits per heavy atom. The summed E-state index contributed by atoms with van der Waals surface area (Å²) < 4.78 is 0. The van der Waals surface area contributed by atoms with Crippen molar-refractivity contribution >= 4 is 11.8 Å². The lowest BCUT2D eigenvalue weighted by molar-refractivity contribution is 0.489. The van der Waals surface area contributed by atoms with E-state index in [1.54, 1.807) is 16.7 Å². The molecule has 0 aliphatic carbocycles. The van der Waals surface area contributed by atoms with Crippen molar-refractivity contribution in [2.75, 3.05) is 0 Å². The van der Waals surface area contributed by atoms with Crippen LogP contribution < -0.4 is 5.73 Å². The third-order valence-electron chi connectivity index (χ3n) is 0.797. The zero-order valence-electron chi connectivity index (χ0n) is 3.87. The molecule has 0 saturated carbocycles. The van der Waals surface area contributed by atoms with Gasteiger partial charge in [0.25, 0.3) is 0 Å². The van der Waals surface area contributed by atoms with Gasteiger partial charge in [-0.3, -0.25) is 0 Å². The molecule has 39 valence electrons. The molecule has 0 amide bonds. The van der Waals surface area contributed by atoms with E-state index in [-0.39, 0.29) is 5.50 Å². The summed E-state index contributed by atoms with van der Waals surface area (Å²) in [6, 6.07) is 0. The van der Waals surface area contributed by atoms with Gasteiger partial charge in [0, 0.05) is 13.2 Å². The smallest absolute Gasteiger partial charge is 0.129 e. The van der Waals surface area contributed by atoms with E-state index >= 15 is 0 Å². The van der Waals surface area contributed by atoms with Gasteiger partial charge in [0.15, 0.2) is 0 Å². The Bertz CT molecular complexity index is 91.7. The van der Waals surface area contributed by atoms with Crippen LogP contribution in [0.25, 0.3) is 0 Å². The lowest BCUT2D eigenvalue weighted by atomic mass is 10.8. The lowest BCUT2D eigenvalue weighted by Gasteiger charge is -2.12. The molecule has 0 aromatic carbocycles. The highest BCUT2D eigenvalue weighted by Crippen LogP contribution is 2.18. The fourth-order valence-corrected chi connectivity index (χ4v) is 0.971. The van der Waals surface area contributed by atoms with Gasteiger partial charge < -0.3 is 10.6 Å². The van der Waals surface area contributed by atoms with Gasteiger partial charge in [0.05, 0.1) is 0 Å². The van der Waals surface area contributed by atoms with E-state index in [9.17, 15) is 0 Å². The molecule has 0 aromatic heterocycles. The minimum absolute atomic E-state index is 0.0417. The summed E-state index contributed by atoms with van der Waals surface area (Å²) >= 11 is 1.57. The third kappa shape index (κ3) is 0.894. The highest BCUT2D eigenvalue weighted by atomic mass is 32.2. The van der Waals surface area contributed by atoms with E-state index in [1.165, 1.54) is 0 Å². The van der Waals surface area contributed by atoms with Gasteiger partial charge in [0.1, 0.15) is 5.50 Å². The second kappa shape index (κ2) is 1.76. The monoisotopic (exact) mass is 115 g/mol. The average Bonchev–Trinajstić information content (AvgIpc) is 1.91. The lowest BCUT2D eigenvalue weighted by Crippen LogP contribution is -2.26. The molecule has 0 spiro atoms.